The molecule has 1 saturated carbocycles. The second-order valence-electron chi connectivity index (χ2n) is 10.3. The van der Waals surface area contributed by atoms with E-state index in [0.29, 0.717) is 25.6 Å². The van der Waals surface area contributed by atoms with Gasteiger partial charge in [0.15, 0.2) is 5.75 Å². The first-order valence-corrected chi connectivity index (χ1v) is 13.5. The van der Waals surface area contributed by atoms with Crippen molar-refractivity contribution in [1.29, 1.82) is 0 Å². The average molecular weight is 509 g/mol. The normalized spacial score (nSPS) is 24.0. The number of hydrogen-bond acceptors (Lipinski definition) is 9. The fourth-order valence-electron chi connectivity index (χ4n) is 5.48. The number of nitrogens with one attached hydrogen (secondary N) is 2. The fraction of sp³-hybridized carbons (Fsp3) is 0.538. The Balaban J connectivity index is 1.44. The van der Waals surface area contributed by atoms with Crippen molar-refractivity contribution in [2.75, 3.05) is 39.2 Å². The van der Waals surface area contributed by atoms with Gasteiger partial charge in [0.05, 0.1) is 35.8 Å². The number of likely N-dealkylation sites (tertiary alicyclic amines) is 1. The maximum atomic E-state index is 13.2. The third kappa shape index (κ3) is 4.42. The Morgan fingerprint density at radius 3 is 2.97 bits per heavy atom. The Kier molecular flexibility index (Phi) is 6.27. The zero-order valence-corrected chi connectivity index (χ0v) is 21.6. The molecule has 1 spiro atoms. The summed E-state index contributed by atoms with van der Waals surface area (Å²) in [4.78, 5) is 30.6. The summed E-state index contributed by atoms with van der Waals surface area (Å²) in [7, 11) is 3.71. The molecule has 0 unspecified atom stereocenters. The van der Waals surface area contributed by atoms with Crippen LogP contribution in [-0.2, 0) is 16.1 Å². The molecule has 3 aliphatic rings. The van der Waals surface area contributed by atoms with E-state index in [4.69, 9.17) is 19.4 Å². The summed E-state index contributed by atoms with van der Waals surface area (Å²) in [6.07, 6.45) is 8.55. The largest absolute Gasteiger partial charge is 0.490 e. The van der Waals surface area contributed by atoms with Gasteiger partial charge < -0.3 is 20.1 Å². The van der Waals surface area contributed by atoms with Crippen molar-refractivity contribution in [3.05, 3.63) is 29.5 Å². The molecule has 1 aromatic carbocycles. The Morgan fingerprint density at radius 2 is 2.17 bits per heavy atom. The highest BCUT2D eigenvalue weighted by atomic mass is 32.1. The van der Waals surface area contributed by atoms with Gasteiger partial charge in [-0.1, -0.05) is 6.42 Å². The number of fused-ring (bicyclic) bond motifs is 3. The first kappa shape index (κ1) is 23.6. The summed E-state index contributed by atoms with van der Waals surface area (Å²) in [5.74, 6) is 1.54. The summed E-state index contributed by atoms with van der Waals surface area (Å²) < 4.78 is 11.9. The summed E-state index contributed by atoms with van der Waals surface area (Å²) in [6, 6.07) is 4.04. The molecule has 1 amide bonds. The number of thiazole rings is 1. The van der Waals surface area contributed by atoms with Crippen molar-refractivity contribution in [3.8, 4) is 16.2 Å². The van der Waals surface area contributed by atoms with Crippen molar-refractivity contribution in [1.82, 2.24) is 25.2 Å². The minimum atomic E-state index is -0.152. The van der Waals surface area contributed by atoms with Gasteiger partial charge in [0, 0.05) is 43.4 Å². The molecular weight excluding hydrogens is 476 g/mol. The molecule has 2 fully saturated rings. The lowest BCUT2D eigenvalue weighted by Gasteiger charge is -2.43. The van der Waals surface area contributed by atoms with Crippen LogP contribution in [0.2, 0.25) is 0 Å². The molecule has 9 nitrogen and oxygen atoms in total. The van der Waals surface area contributed by atoms with Crippen LogP contribution >= 0.6 is 11.3 Å². The predicted molar refractivity (Wildman–Crippen MR) is 139 cm³/mol. The number of amides is 1. The van der Waals surface area contributed by atoms with E-state index < -0.39 is 0 Å². The van der Waals surface area contributed by atoms with Crippen LogP contribution < -0.4 is 15.4 Å². The highest BCUT2D eigenvalue weighted by molar-refractivity contribution is 7.15. The third-order valence-electron chi connectivity index (χ3n) is 7.85. The number of likely N-dealkylation sites (N-methyl/N-ethyl adjacent to an activating group) is 1. The van der Waals surface area contributed by atoms with E-state index in [9.17, 15) is 4.79 Å². The van der Waals surface area contributed by atoms with Gasteiger partial charge in [-0.25, -0.2) is 9.97 Å². The molecule has 0 radical (unpaired) electrons. The molecule has 4 heterocycles. The molecular formula is C26H32N6O3S. The number of carbonyl (C=O) groups excluding carboxylic acids is 1. The van der Waals surface area contributed by atoms with Crippen LogP contribution in [0.5, 0.6) is 5.75 Å². The van der Waals surface area contributed by atoms with Gasteiger partial charge in [-0.15, -0.1) is 11.3 Å². The third-order valence-corrected chi connectivity index (χ3v) is 8.86. The lowest BCUT2D eigenvalue weighted by Crippen LogP contribution is -2.55. The number of carbonyl (C=O) groups is 1. The Morgan fingerprint density at radius 1 is 1.28 bits per heavy atom. The minimum Gasteiger partial charge on any atom is -0.490 e. The molecule has 4 bridgehead atoms. The van der Waals surface area contributed by atoms with Gasteiger partial charge in [0.25, 0.3) is 0 Å². The number of aromatic nitrogens is 3. The standard InChI is InChI=1S/C26H32N6O3S/c1-32-9-6-16-10-19(32)25(33)29-14-26(7-3-8-26)15-35-24-17(20-11-28-22(36-20)13-34-2)4-5-18-23(24)31-21(30-16)12-27-18/h4-5,11-12,16,19H,3,6-10,13-15H2,1-2H3,(H,29,33)(H,30,31)/t16-,19-/m0/s1. The van der Waals surface area contributed by atoms with Crippen LogP contribution in [0.25, 0.3) is 21.5 Å². The lowest BCUT2D eigenvalue weighted by atomic mass is 9.69. The average Bonchev–Trinajstić information content (AvgIpc) is 3.32. The van der Waals surface area contributed by atoms with E-state index in [-0.39, 0.29) is 23.4 Å². The number of anilines is 1. The lowest BCUT2D eigenvalue weighted by molar-refractivity contribution is -0.128. The highest BCUT2D eigenvalue weighted by Gasteiger charge is 2.40. The predicted octanol–water partition coefficient (Wildman–Crippen LogP) is 3.45. The Hall–Kier alpha value is -2.82. The van der Waals surface area contributed by atoms with Gasteiger partial charge in [-0.3, -0.25) is 14.7 Å². The fourth-order valence-corrected chi connectivity index (χ4v) is 6.40. The molecule has 1 aliphatic carbocycles. The maximum absolute atomic E-state index is 13.2. The molecule has 2 aromatic heterocycles. The molecule has 1 saturated heterocycles. The van der Waals surface area contributed by atoms with E-state index in [1.54, 1.807) is 24.6 Å². The monoisotopic (exact) mass is 508 g/mol. The van der Waals surface area contributed by atoms with E-state index in [0.717, 1.165) is 70.9 Å². The van der Waals surface area contributed by atoms with Crippen molar-refractivity contribution < 1.29 is 14.3 Å². The number of piperidine rings is 1. The first-order valence-electron chi connectivity index (χ1n) is 12.6. The second kappa shape index (κ2) is 9.57. The van der Waals surface area contributed by atoms with Crippen LogP contribution in [0, 0.1) is 5.41 Å². The van der Waals surface area contributed by atoms with E-state index in [1.165, 1.54) is 0 Å². The van der Waals surface area contributed by atoms with Crippen molar-refractivity contribution in [3.63, 3.8) is 0 Å². The Bertz CT molecular complexity index is 1280. The number of hydrogen-bond donors (Lipinski definition) is 2. The summed E-state index contributed by atoms with van der Waals surface area (Å²) >= 11 is 1.59. The minimum absolute atomic E-state index is 0.0654. The van der Waals surface area contributed by atoms with Gasteiger partial charge in [-0.2, -0.15) is 0 Å². The Labute approximate surface area is 214 Å². The number of ether oxygens (including phenoxy) is 2. The van der Waals surface area contributed by atoms with Crippen LogP contribution in [0.1, 0.15) is 37.1 Å². The van der Waals surface area contributed by atoms with Crippen molar-refractivity contribution in [2.45, 2.75) is 50.8 Å². The molecule has 2 aliphatic heterocycles. The van der Waals surface area contributed by atoms with E-state index in [1.807, 2.05) is 25.4 Å². The van der Waals surface area contributed by atoms with E-state index in [2.05, 4.69) is 20.5 Å². The number of benzene rings is 1. The quantitative estimate of drug-likeness (QED) is 0.555. The van der Waals surface area contributed by atoms with Crippen LogP contribution in [0.15, 0.2) is 24.5 Å². The van der Waals surface area contributed by atoms with Gasteiger partial charge in [0.2, 0.25) is 5.91 Å². The molecule has 6 rings (SSSR count). The zero-order valence-electron chi connectivity index (χ0n) is 20.7. The number of nitrogens with zero attached hydrogens (tertiary/aromatic N) is 4. The SMILES string of the molecule is COCc1ncc(-c2ccc3ncc4nc3c2OCC2(CCC2)CNC(=O)[C@@H]2C[C@H](CCN2C)N4)s1. The van der Waals surface area contributed by atoms with Gasteiger partial charge >= 0.3 is 0 Å². The van der Waals surface area contributed by atoms with Crippen molar-refractivity contribution >= 4 is 34.1 Å². The van der Waals surface area contributed by atoms with Crippen LogP contribution in [-0.4, -0.2) is 71.7 Å². The summed E-state index contributed by atoms with van der Waals surface area (Å²) in [5.41, 5.74) is 2.44. The first-order chi connectivity index (χ1) is 17.5. The highest BCUT2D eigenvalue weighted by Crippen LogP contribution is 2.44. The van der Waals surface area contributed by atoms with Gasteiger partial charge in [-0.05, 0) is 44.9 Å². The molecule has 190 valence electrons. The second-order valence-corrected chi connectivity index (χ2v) is 11.5. The number of methoxy groups -OCH3 is 1. The topological polar surface area (TPSA) is 102 Å². The zero-order chi connectivity index (χ0) is 24.7. The van der Waals surface area contributed by atoms with Crippen LogP contribution in [0.3, 0.4) is 0 Å². The molecule has 36 heavy (non-hydrogen) atoms. The summed E-state index contributed by atoms with van der Waals surface area (Å²) in [6.45, 7) is 2.48. The molecule has 2 atom stereocenters. The van der Waals surface area contributed by atoms with Gasteiger partial charge in [0.1, 0.15) is 16.3 Å². The maximum Gasteiger partial charge on any atom is 0.237 e. The van der Waals surface area contributed by atoms with Crippen molar-refractivity contribution in [2.24, 2.45) is 5.41 Å². The molecule has 2 N–H and O–H groups in total. The summed E-state index contributed by atoms with van der Waals surface area (Å²) in [5, 5.41) is 7.73. The number of rotatable bonds is 3. The smallest absolute Gasteiger partial charge is 0.237 e. The van der Waals surface area contributed by atoms with E-state index >= 15 is 0 Å². The van der Waals surface area contributed by atoms with Crippen LogP contribution in [0.4, 0.5) is 5.82 Å². The molecule has 10 heteroatoms. The molecule has 3 aromatic rings.